The number of rotatable bonds is 10. The molecule has 0 bridgehead atoms. The minimum atomic E-state index is -1.20. The van der Waals surface area contributed by atoms with Crippen LogP contribution in [0.3, 0.4) is 0 Å². The average Bonchev–Trinajstić information content (AvgIpc) is 2.14. The fourth-order valence-corrected chi connectivity index (χ4v) is 4.64. The minimum absolute atomic E-state index is 1.12. The van der Waals surface area contributed by atoms with E-state index in [1.165, 1.54) is 51.4 Å². The van der Waals surface area contributed by atoms with Gasteiger partial charge in [0.15, 0.2) is 0 Å². The van der Waals surface area contributed by atoms with Gasteiger partial charge in [-0.2, -0.15) is 0 Å². The van der Waals surface area contributed by atoms with Crippen molar-refractivity contribution in [2.24, 2.45) is 0 Å². The van der Waals surface area contributed by atoms with Gasteiger partial charge in [-0.1, -0.05) is 0 Å². The maximum atomic E-state index is 3.87. The van der Waals surface area contributed by atoms with E-state index >= 15 is 0 Å². The van der Waals surface area contributed by atoms with Crippen LogP contribution in [0.2, 0.25) is 22.5 Å². The van der Waals surface area contributed by atoms with Crippen LogP contribution in [0.1, 0.15) is 57.8 Å². The molecule has 0 aliphatic heterocycles. The van der Waals surface area contributed by atoms with Gasteiger partial charge in [-0.05, 0) is 0 Å². The van der Waals surface area contributed by atoms with Crippen LogP contribution in [0, 0.1) is 6.92 Å². The summed E-state index contributed by atoms with van der Waals surface area (Å²) in [6, 6.07) is 0. The summed E-state index contributed by atoms with van der Waals surface area (Å²) in [5.41, 5.74) is 0. The number of hydrogen-bond donors (Lipinski definition) is 0. The summed E-state index contributed by atoms with van der Waals surface area (Å²) < 4.78 is 0. The van der Waals surface area contributed by atoms with Gasteiger partial charge in [0, 0.05) is 0 Å². The van der Waals surface area contributed by atoms with Gasteiger partial charge in [-0.3, -0.25) is 0 Å². The van der Waals surface area contributed by atoms with Gasteiger partial charge in [0.25, 0.3) is 0 Å². The van der Waals surface area contributed by atoms with Gasteiger partial charge < -0.3 is 0 Å². The molecule has 0 saturated heterocycles. The Morgan fingerprint density at radius 1 is 0.667 bits per heavy atom. The summed E-state index contributed by atoms with van der Waals surface area (Å²) in [5, 5.41) is 1.57. The average molecular weight is 272 g/mol. The Balaban J connectivity index is 2.99. The predicted molar refractivity (Wildman–Crippen MR) is 75.1 cm³/mol. The van der Waals surface area contributed by atoms with E-state index in [1.807, 2.05) is 0 Å². The van der Waals surface area contributed by atoms with Gasteiger partial charge in [0.2, 0.25) is 0 Å². The standard InChI is InChI=1S/C14H31Ge/c1-5-6-7-8-9-10-11-12-13-14-15(2,3)4/h1,5-14H2,2-4H3. The van der Waals surface area contributed by atoms with E-state index in [2.05, 4.69) is 24.2 Å². The van der Waals surface area contributed by atoms with Crippen molar-refractivity contribution in [3.8, 4) is 0 Å². The fraction of sp³-hybridized carbons (Fsp3) is 0.929. The molecule has 0 heterocycles. The zero-order valence-corrected chi connectivity index (χ0v) is 13.4. The Hall–Kier alpha value is 0.543. The van der Waals surface area contributed by atoms with Crippen molar-refractivity contribution < 1.29 is 0 Å². The van der Waals surface area contributed by atoms with Crippen molar-refractivity contribution in [2.45, 2.75) is 80.3 Å². The second-order valence-corrected chi connectivity index (χ2v) is 17.8. The topological polar surface area (TPSA) is 0 Å². The van der Waals surface area contributed by atoms with Crippen LogP contribution >= 0.6 is 0 Å². The Morgan fingerprint density at radius 2 is 1.07 bits per heavy atom. The SMILES string of the molecule is [CH2]CCCCCCCCC[CH2][Ge]([CH3])([CH3])[CH3]. The first kappa shape index (κ1) is 15.5. The van der Waals surface area contributed by atoms with E-state index in [1.54, 1.807) is 5.25 Å². The van der Waals surface area contributed by atoms with E-state index in [9.17, 15) is 0 Å². The van der Waals surface area contributed by atoms with Crippen LogP contribution in [0.4, 0.5) is 0 Å². The van der Waals surface area contributed by atoms with E-state index in [0.717, 1.165) is 6.42 Å². The summed E-state index contributed by atoms with van der Waals surface area (Å²) in [5.74, 6) is 7.58. The van der Waals surface area contributed by atoms with Crippen molar-refractivity contribution >= 4 is 13.3 Å². The van der Waals surface area contributed by atoms with Crippen LogP contribution in [0.15, 0.2) is 0 Å². The third kappa shape index (κ3) is 14.5. The molecular weight excluding hydrogens is 241 g/mol. The van der Waals surface area contributed by atoms with Crippen LogP contribution in [0.25, 0.3) is 0 Å². The molecule has 0 N–H and O–H groups in total. The molecule has 0 spiro atoms. The second kappa shape index (κ2) is 9.75. The Labute approximate surface area is 101 Å². The third-order valence-corrected chi connectivity index (χ3v) is 6.82. The molecule has 91 valence electrons. The number of hydrogen-bond acceptors (Lipinski definition) is 0. The van der Waals surface area contributed by atoms with Crippen molar-refractivity contribution in [1.82, 2.24) is 0 Å². The molecule has 0 aliphatic rings. The molecule has 0 unspecified atom stereocenters. The van der Waals surface area contributed by atoms with Crippen molar-refractivity contribution in [2.75, 3.05) is 0 Å². The Kier molecular flexibility index (Phi) is 10.1. The molecule has 0 saturated carbocycles. The summed E-state index contributed by atoms with van der Waals surface area (Å²) in [4.78, 5) is 0. The van der Waals surface area contributed by atoms with Crippen LogP contribution < -0.4 is 0 Å². The molecule has 1 heteroatoms. The molecule has 15 heavy (non-hydrogen) atoms. The van der Waals surface area contributed by atoms with Crippen LogP contribution in [-0.2, 0) is 0 Å². The first-order valence-corrected chi connectivity index (χ1v) is 14.6. The zero-order valence-electron chi connectivity index (χ0n) is 11.3. The summed E-state index contributed by atoms with van der Waals surface area (Å²) in [6.07, 6.45) is 12.7. The Bertz CT molecular complexity index is 124. The van der Waals surface area contributed by atoms with E-state index in [0.29, 0.717) is 0 Å². The summed E-state index contributed by atoms with van der Waals surface area (Å²) in [7, 11) is 0. The van der Waals surface area contributed by atoms with Crippen molar-refractivity contribution in [1.29, 1.82) is 0 Å². The fourth-order valence-electron chi connectivity index (χ4n) is 1.89. The van der Waals surface area contributed by atoms with Crippen LogP contribution in [-0.4, -0.2) is 13.3 Å². The molecular formula is C14H31Ge. The molecule has 0 amide bonds. The zero-order chi connectivity index (χ0) is 11.6. The van der Waals surface area contributed by atoms with Crippen LogP contribution in [0.5, 0.6) is 0 Å². The molecule has 0 rings (SSSR count). The monoisotopic (exact) mass is 273 g/mol. The summed E-state index contributed by atoms with van der Waals surface area (Å²) >= 11 is -1.20. The first-order valence-electron chi connectivity index (χ1n) is 6.85. The van der Waals surface area contributed by atoms with Gasteiger partial charge >= 0.3 is 100 Å². The maximum absolute atomic E-state index is 3.87. The molecule has 0 aromatic carbocycles. The molecule has 0 fully saturated rings. The Morgan fingerprint density at radius 3 is 1.47 bits per heavy atom. The summed E-state index contributed by atoms with van der Waals surface area (Å²) in [6.45, 7) is 3.87. The first-order chi connectivity index (χ1) is 7.06. The predicted octanol–water partition coefficient (Wildman–Crippen LogP) is 5.67. The molecule has 0 aromatic heterocycles. The molecule has 0 aliphatic carbocycles. The van der Waals surface area contributed by atoms with E-state index in [-0.39, 0.29) is 0 Å². The van der Waals surface area contributed by atoms with E-state index < -0.39 is 13.3 Å². The number of unbranched alkanes of at least 4 members (excludes halogenated alkanes) is 8. The normalized spacial score (nSPS) is 12.0. The molecule has 0 nitrogen and oxygen atoms in total. The van der Waals surface area contributed by atoms with Gasteiger partial charge in [-0.25, -0.2) is 0 Å². The molecule has 0 atom stereocenters. The molecule has 0 aromatic rings. The van der Waals surface area contributed by atoms with Gasteiger partial charge in [-0.15, -0.1) is 0 Å². The van der Waals surface area contributed by atoms with Crippen molar-refractivity contribution in [3.05, 3.63) is 6.92 Å². The van der Waals surface area contributed by atoms with Crippen molar-refractivity contribution in [3.63, 3.8) is 0 Å². The molecule has 1 radical (unpaired) electrons. The van der Waals surface area contributed by atoms with Gasteiger partial charge in [0.1, 0.15) is 0 Å². The van der Waals surface area contributed by atoms with E-state index in [4.69, 9.17) is 0 Å². The second-order valence-electron chi connectivity index (χ2n) is 5.99. The quantitative estimate of drug-likeness (QED) is 0.355. The third-order valence-electron chi connectivity index (χ3n) is 2.93. The van der Waals surface area contributed by atoms with Gasteiger partial charge in [0.05, 0.1) is 0 Å².